The molecule has 0 saturated carbocycles. The van der Waals surface area contributed by atoms with Gasteiger partial charge >= 0.3 is 0 Å². The van der Waals surface area contributed by atoms with Gasteiger partial charge in [-0.05, 0) is 55.5 Å². The van der Waals surface area contributed by atoms with Gasteiger partial charge in [0.1, 0.15) is 12.3 Å². The standard InChI is InChI=1S/C27H24N4O5/c1-17-26(34)30(22-8-4-5-9-23(22)36-17)15-14-24(32)28-19-12-10-18(11-13-19)27(35)31-16-25(33)29-20-6-2-3-7-21(20)31/h2-13,17H,14-16H2,1H3,(H,28,32)(H,29,33). The van der Waals surface area contributed by atoms with Crippen LogP contribution >= 0.6 is 0 Å². The van der Waals surface area contributed by atoms with Gasteiger partial charge in [-0.15, -0.1) is 0 Å². The molecule has 2 N–H and O–H groups in total. The molecule has 36 heavy (non-hydrogen) atoms. The van der Waals surface area contributed by atoms with Crippen molar-refractivity contribution in [3.63, 3.8) is 0 Å². The Morgan fingerprint density at radius 2 is 1.67 bits per heavy atom. The first-order chi connectivity index (χ1) is 17.4. The Bertz CT molecular complexity index is 1350. The number of fused-ring (bicyclic) bond motifs is 2. The molecule has 0 radical (unpaired) electrons. The van der Waals surface area contributed by atoms with E-state index in [1.165, 1.54) is 4.90 Å². The van der Waals surface area contributed by atoms with Gasteiger partial charge in [0.2, 0.25) is 11.8 Å². The van der Waals surface area contributed by atoms with Crippen LogP contribution in [0.2, 0.25) is 0 Å². The van der Waals surface area contributed by atoms with E-state index in [2.05, 4.69) is 10.6 Å². The third-order valence-electron chi connectivity index (χ3n) is 6.07. The molecule has 9 heteroatoms. The van der Waals surface area contributed by atoms with Crippen molar-refractivity contribution in [3.8, 4) is 5.75 Å². The predicted octanol–water partition coefficient (Wildman–Crippen LogP) is 3.43. The maximum absolute atomic E-state index is 13.1. The summed E-state index contributed by atoms with van der Waals surface area (Å²) in [6.07, 6.45) is -0.529. The van der Waals surface area contributed by atoms with Crippen LogP contribution in [0.5, 0.6) is 5.75 Å². The fourth-order valence-corrected chi connectivity index (χ4v) is 4.29. The minimum Gasteiger partial charge on any atom is -0.479 e. The molecule has 1 atom stereocenters. The van der Waals surface area contributed by atoms with E-state index in [0.717, 1.165) is 0 Å². The van der Waals surface area contributed by atoms with Crippen LogP contribution in [0.25, 0.3) is 0 Å². The molecule has 4 amide bonds. The number of para-hydroxylation sites is 4. The number of anilines is 4. The van der Waals surface area contributed by atoms with Gasteiger partial charge in [0.25, 0.3) is 11.8 Å². The summed E-state index contributed by atoms with van der Waals surface area (Å²) in [5.41, 5.74) is 2.77. The summed E-state index contributed by atoms with van der Waals surface area (Å²) >= 11 is 0. The molecule has 0 fully saturated rings. The number of hydrogen-bond acceptors (Lipinski definition) is 5. The van der Waals surface area contributed by atoms with Crippen molar-refractivity contribution in [1.82, 2.24) is 0 Å². The number of amides is 4. The summed E-state index contributed by atoms with van der Waals surface area (Å²) in [7, 11) is 0. The maximum atomic E-state index is 13.1. The molecule has 2 heterocycles. The van der Waals surface area contributed by atoms with Crippen LogP contribution in [-0.4, -0.2) is 42.8 Å². The molecular formula is C27H24N4O5. The molecule has 182 valence electrons. The number of ether oxygens (including phenoxy) is 1. The third kappa shape index (κ3) is 4.50. The van der Waals surface area contributed by atoms with E-state index in [1.807, 2.05) is 12.1 Å². The third-order valence-corrected chi connectivity index (χ3v) is 6.07. The van der Waals surface area contributed by atoms with Gasteiger partial charge in [0.15, 0.2) is 6.10 Å². The van der Waals surface area contributed by atoms with Gasteiger partial charge in [-0.1, -0.05) is 24.3 Å². The smallest absolute Gasteiger partial charge is 0.267 e. The number of carbonyl (C=O) groups excluding carboxylic acids is 4. The Morgan fingerprint density at radius 3 is 2.44 bits per heavy atom. The maximum Gasteiger partial charge on any atom is 0.267 e. The zero-order valence-corrected chi connectivity index (χ0v) is 19.6. The lowest BCUT2D eigenvalue weighted by Gasteiger charge is -2.32. The van der Waals surface area contributed by atoms with Crippen LogP contribution in [0.1, 0.15) is 23.7 Å². The Labute approximate surface area is 207 Å². The Morgan fingerprint density at radius 1 is 0.972 bits per heavy atom. The first-order valence-corrected chi connectivity index (χ1v) is 11.6. The van der Waals surface area contributed by atoms with Crippen LogP contribution in [-0.2, 0) is 14.4 Å². The number of benzene rings is 3. The van der Waals surface area contributed by atoms with E-state index in [9.17, 15) is 19.2 Å². The van der Waals surface area contributed by atoms with Crippen molar-refractivity contribution in [3.05, 3.63) is 78.4 Å². The lowest BCUT2D eigenvalue weighted by Crippen LogP contribution is -2.45. The number of nitrogens with zero attached hydrogens (tertiary/aromatic N) is 2. The largest absolute Gasteiger partial charge is 0.479 e. The zero-order chi connectivity index (χ0) is 25.2. The normalized spacial score (nSPS) is 16.4. The molecule has 2 aliphatic rings. The Hall–Kier alpha value is -4.66. The molecular weight excluding hydrogens is 460 g/mol. The van der Waals surface area contributed by atoms with E-state index in [0.29, 0.717) is 34.1 Å². The first-order valence-electron chi connectivity index (χ1n) is 11.6. The van der Waals surface area contributed by atoms with Crippen molar-refractivity contribution in [2.75, 3.05) is 33.5 Å². The van der Waals surface area contributed by atoms with Crippen molar-refractivity contribution in [1.29, 1.82) is 0 Å². The molecule has 0 aromatic heterocycles. The molecule has 9 nitrogen and oxygen atoms in total. The van der Waals surface area contributed by atoms with E-state index in [4.69, 9.17) is 4.74 Å². The molecule has 0 spiro atoms. The summed E-state index contributed by atoms with van der Waals surface area (Å²) in [5, 5.41) is 5.56. The van der Waals surface area contributed by atoms with E-state index >= 15 is 0 Å². The van der Waals surface area contributed by atoms with Gasteiger partial charge in [-0.3, -0.25) is 24.1 Å². The quantitative estimate of drug-likeness (QED) is 0.577. The Kier molecular flexibility index (Phi) is 6.12. The molecule has 3 aromatic carbocycles. The van der Waals surface area contributed by atoms with Crippen molar-refractivity contribution >= 4 is 46.4 Å². The van der Waals surface area contributed by atoms with Gasteiger partial charge in [0, 0.05) is 24.2 Å². The average molecular weight is 485 g/mol. The van der Waals surface area contributed by atoms with Gasteiger partial charge < -0.3 is 20.3 Å². The summed E-state index contributed by atoms with van der Waals surface area (Å²) in [5.74, 6) is -0.424. The second-order valence-corrected chi connectivity index (χ2v) is 8.55. The topological polar surface area (TPSA) is 108 Å². The minimum absolute atomic E-state index is 0.0731. The molecule has 0 saturated heterocycles. The number of carbonyl (C=O) groups is 4. The second-order valence-electron chi connectivity index (χ2n) is 8.55. The van der Waals surface area contributed by atoms with Gasteiger partial charge in [-0.2, -0.15) is 0 Å². The number of hydrogen-bond donors (Lipinski definition) is 2. The minimum atomic E-state index is -0.619. The van der Waals surface area contributed by atoms with Crippen LogP contribution < -0.4 is 25.2 Å². The molecule has 1 unspecified atom stereocenters. The van der Waals surface area contributed by atoms with E-state index in [1.54, 1.807) is 72.5 Å². The zero-order valence-electron chi connectivity index (χ0n) is 19.6. The van der Waals surface area contributed by atoms with E-state index in [-0.39, 0.29) is 43.1 Å². The van der Waals surface area contributed by atoms with Crippen molar-refractivity contribution in [2.24, 2.45) is 0 Å². The van der Waals surface area contributed by atoms with Crippen LogP contribution in [0.4, 0.5) is 22.7 Å². The fraction of sp³-hybridized carbons (Fsp3) is 0.185. The molecule has 2 aliphatic heterocycles. The van der Waals surface area contributed by atoms with Crippen LogP contribution in [0.15, 0.2) is 72.8 Å². The highest BCUT2D eigenvalue weighted by atomic mass is 16.5. The van der Waals surface area contributed by atoms with E-state index < -0.39 is 6.10 Å². The molecule has 3 aromatic rings. The number of nitrogens with one attached hydrogen (secondary N) is 2. The van der Waals surface area contributed by atoms with Crippen LogP contribution in [0, 0.1) is 0 Å². The van der Waals surface area contributed by atoms with Crippen LogP contribution in [0.3, 0.4) is 0 Å². The molecule has 5 rings (SSSR count). The predicted molar refractivity (Wildman–Crippen MR) is 135 cm³/mol. The monoisotopic (exact) mass is 484 g/mol. The molecule has 0 aliphatic carbocycles. The second kappa shape index (κ2) is 9.53. The summed E-state index contributed by atoms with van der Waals surface area (Å²) in [6.45, 7) is 1.82. The highest BCUT2D eigenvalue weighted by Crippen LogP contribution is 2.34. The van der Waals surface area contributed by atoms with Crippen molar-refractivity contribution in [2.45, 2.75) is 19.4 Å². The summed E-state index contributed by atoms with van der Waals surface area (Å²) in [6, 6.07) is 20.8. The molecule has 0 bridgehead atoms. The van der Waals surface area contributed by atoms with Gasteiger partial charge in [-0.25, -0.2) is 0 Å². The van der Waals surface area contributed by atoms with Crippen molar-refractivity contribution < 1.29 is 23.9 Å². The Balaban J connectivity index is 1.22. The lowest BCUT2D eigenvalue weighted by molar-refractivity contribution is -0.125. The lowest BCUT2D eigenvalue weighted by atomic mass is 10.1. The highest BCUT2D eigenvalue weighted by molar-refractivity contribution is 6.15. The highest BCUT2D eigenvalue weighted by Gasteiger charge is 2.31. The first kappa shape index (κ1) is 23.1. The summed E-state index contributed by atoms with van der Waals surface area (Å²) in [4.78, 5) is 53.3. The SMILES string of the molecule is CC1Oc2ccccc2N(CCC(=O)Nc2ccc(C(=O)N3CC(=O)Nc4ccccc43)cc2)C1=O. The fourth-order valence-electron chi connectivity index (χ4n) is 4.29. The number of rotatable bonds is 5. The summed E-state index contributed by atoms with van der Waals surface area (Å²) < 4.78 is 5.63. The average Bonchev–Trinajstić information content (AvgIpc) is 2.88. The van der Waals surface area contributed by atoms with Gasteiger partial charge in [0.05, 0.1) is 17.1 Å².